The first-order chi connectivity index (χ1) is 4.41. The van der Waals surface area contributed by atoms with Gasteiger partial charge in [-0.2, -0.15) is 14.2 Å². The van der Waals surface area contributed by atoms with Gasteiger partial charge in [-0.1, -0.05) is 0 Å². The van der Waals surface area contributed by atoms with Crippen LogP contribution in [0.2, 0.25) is 0 Å². The molecule has 9 heavy (non-hydrogen) atoms. The highest BCUT2D eigenvalue weighted by molar-refractivity contribution is 7.93. The summed E-state index contributed by atoms with van der Waals surface area (Å²) in [6.45, 7) is 0. The highest BCUT2D eigenvalue weighted by Gasteiger charge is 2.46. The molecular formula is C4H3NO3S. The Bertz CT molecular complexity index is 159. The average molecular weight is 145 g/mol. The van der Waals surface area contributed by atoms with Gasteiger partial charge in [0.15, 0.2) is 0 Å². The minimum absolute atomic E-state index is 0.705. The van der Waals surface area contributed by atoms with E-state index in [2.05, 4.69) is 14.2 Å². The summed E-state index contributed by atoms with van der Waals surface area (Å²) in [5.41, 5.74) is 0. The molecule has 0 aromatic heterocycles. The molecule has 5 heteroatoms. The Kier molecular flexibility index (Phi) is 1.01. The Balaban J connectivity index is 2.20. The van der Waals surface area contributed by atoms with Gasteiger partial charge in [0.05, 0.1) is 6.21 Å². The molecular weight excluding hydrogens is 142 g/mol. The molecule has 1 saturated heterocycles. The Morgan fingerprint density at radius 1 is 1.44 bits per heavy atom. The van der Waals surface area contributed by atoms with E-state index in [9.17, 15) is 0 Å². The van der Waals surface area contributed by atoms with Gasteiger partial charge < -0.3 is 4.18 Å². The smallest absolute Gasteiger partial charge is 0.291 e. The van der Waals surface area contributed by atoms with Crippen molar-refractivity contribution in [2.45, 2.75) is 5.79 Å². The lowest BCUT2D eigenvalue weighted by atomic mass is 10.3. The van der Waals surface area contributed by atoms with Crippen molar-refractivity contribution in [1.82, 2.24) is 0 Å². The summed E-state index contributed by atoms with van der Waals surface area (Å²) in [5, 5.41) is 0. The molecule has 0 radical (unpaired) electrons. The number of rotatable bonds is 0. The molecule has 1 spiro atoms. The molecule has 2 heterocycles. The predicted molar refractivity (Wildman–Crippen MR) is 31.2 cm³/mol. The molecule has 2 aliphatic rings. The van der Waals surface area contributed by atoms with Crippen LogP contribution < -0.4 is 0 Å². The maximum absolute atomic E-state index is 4.75. The second kappa shape index (κ2) is 1.73. The number of hydrogen-bond donors (Lipinski definition) is 0. The van der Waals surface area contributed by atoms with Crippen molar-refractivity contribution < 1.29 is 14.0 Å². The predicted octanol–water partition coefficient (Wildman–Crippen LogP) is 0.822. The van der Waals surface area contributed by atoms with Crippen LogP contribution in [0.25, 0.3) is 0 Å². The molecule has 0 atom stereocenters. The molecule has 0 bridgehead atoms. The summed E-state index contributed by atoms with van der Waals surface area (Å²) in [7, 11) is 0. The summed E-state index contributed by atoms with van der Waals surface area (Å²) < 4.78 is 8.49. The van der Waals surface area contributed by atoms with Crippen LogP contribution in [-0.2, 0) is 14.0 Å². The SMILES string of the molecule is C1=CC2(C=NSO1)OO2. The van der Waals surface area contributed by atoms with E-state index in [1.807, 2.05) is 0 Å². The van der Waals surface area contributed by atoms with E-state index >= 15 is 0 Å². The molecule has 0 aromatic rings. The fourth-order valence-electron chi connectivity index (χ4n) is 0.457. The lowest BCUT2D eigenvalue weighted by Gasteiger charge is -1.81. The normalized spacial score (nSPS) is 27.6. The van der Waals surface area contributed by atoms with Gasteiger partial charge in [-0.25, -0.2) is 0 Å². The van der Waals surface area contributed by atoms with Crippen molar-refractivity contribution in [2.75, 3.05) is 0 Å². The van der Waals surface area contributed by atoms with E-state index in [0.717, 1.165) is 12.2 Å². The molecule has 4 nitrogen and oxygen atoms in total. The van der Waals surface area contributed by atoms with E-state index in [-0.39, 0.29) is 0 Å². The van der Waals surface area contributed by atoms with Crippen LogP contribution in [0.4, 0.5) is 0 Å². The topological polar surface area (TPSA) is 46.6 Å². The lowest BCUT2D eigenvalue weighted by Crippen LogP contribution is -2.05. The maximum atomic E-state index is 4.75. The van der Waals surface area contributed by atoms with Crippen molar-refractivity contribution in [1.29, 1.82) is 0 Å². The summed E-state index contributed by atoms with van der Waals surface area (Å²) in [4.78, 5) is 9.18. The van der Waals surface area contributed by atoms with Gasteiger partial charge in [-0.3, -0.25) is 0 Å². The number of hydrogen-bond acceptors (Lipinski definition) is 5. The van der Waals surface area contributed by atoms with Crippen LogP contribution in [0.5, 0.6) is 0 Å². The van der Waals surface area contributed by atoms with Gasteiger partial charge in [0.2, 0.25) is 12.2 Å². The summed E-state index contributed by atoms with van der Waals surface area (Å²) >= 11 is 0.981. The molecule has 0 saturated carbocycles. The molecule has 1 fully saturated rings. The van der Waals surface area contributed by atoms with Gasteiger partial charge in [0, 0.05) is 6.08 Å². The minimum Gasteiger partial charge on any atom is -0.412 e. The van der Waals surface area contributed by atoms with Gasteiger partial charge in [0.1, 0.15) is 6.26 Å². The molecule has 0 unspecified atom stereocenters. The van der Waals surface area contributed by atoms with Crippen molar-refractivity contribution in [2.24, 2.45) is 4.40 Å². The third-order valence-electron chi connectivity index (χ3n) is 0.950. The third kappa shape index (κ3) is 0.937. The van der Waals surface area contributed by atoms with Crippen molar-refractivity contribution in [3.8, 4) is 0 Å². The highest BCUT2D eigenvalue weighted by Crippen LogP contribution is 2.31. The standard InChI is InChI=1S/C4H3NO3S/c1-2-6-9-5-3-4(1)7-8-4/h1-3H. The van der Waals surface area contributed by atoms with Crippen molar-refractivity contribution in [3.05, 3.63) is 12.3 Å². The summed E-state index contributed by atoms with van der Waals surface area (Å²) in [6, 6.07) is 0. The van der Waals surface area contributed by atoms with Crippen LogP contribution in [0.3, 0.4) is 0 Å². The second-order valence-electron chi connectivity index (χ2n) is 1.60. The first-order valence-corrected chi connectivity index (χ1v) is 3.03. The molecule has 2 aliphatic heterocycles. The van der Waals surface area contributed by atoms with E-state index in [1.54, 1.807) is 6.08 Å². The zero-order chi connectivity index (χ0) is 6.16. The summed E-state index contributed by atoms with van der Waals surface area (Å²) in [5.74, 6) is -0.705. The molecule has 0 N–H and O–H groups in total. The molecule has 0 aliphatic carbocycles. The van der Waals surface area contributed by atoms with E-state index < -0.39 is 5.79 Å². The number of nitrogens with zero attached hydrogens (tertiary/aromatic N) is 1. The van der Waals surface area contributed by atoms with Gasteiger partial charge in [-0.05, 0) is 0 Å². The minimum atomic E-state index is -0.705. The van der Waals surface area contributed by atoms with Crippen molar-refractivity contribution in [3.63, 3.8) is 0 Å². The first-order valence-electron chi connectivity index (χ1n) is 2.33. The molecule has 0 aromatic carbocycles. The quantitative estimate of drug-likeness (QED) is 0.219. The Morgan fingerprint density at radius 2 is 2.33 bits per heavy atom. The monoisotopic (exact) mass is 145 g/mol. The van der Waals surface area contributed by atoms with Gasteiger partial charge in [0.25, 0.3) is 5.79 Å². The average Bonchev–Trinajstić information content (AvgIpc) is 2.64. The first kappa shape index (κ1) is 5.28. The van der Waals surface area contributed by atoms with E-state index in [0.29, 0.717) is 0 Å². The molecule has 2 rings (SSSR count). The van der Waals surface area contributed by atoms with E-state index in [4.69, 9.17) is 4.18 Å². The zero-order valence-corrected chi connectivity index (χ0v) is 5.13. The van der Waals surface area contributed by atoms with Crippen LogP contribution in [0.15, 0.2) is 16.7 Å². The maximum Gasteiger partial charge on any atom is 0.291 e. The highest BCUT2D eigenvalue weighted by atomic mass is 32.2. The summed E-state index contributed by atoms with van der Waals surface area (Å²) in [6.07, 6.45) is 4.64. The Hall–Kier alpha value is -0.520. The Morgan fingerprint density at radius 3 is 3.11 bits per heavy atom. The molecule has 0 amide bonds. The zero-order valence-electron chi connectivity index (χ0n) is 4.31. The fourth-order valence-corrected chi connectivity index (χ4v) is 0.802. The van der Waals surface area contributed by atoms with Gasteiger partial charge >= 0.3 is 0 Å². The van der Waals surface area contributed by atoms with E-state index in [1.165, 1.54) is 12.5 Å². The lowest BCUT2D eigenvalue weighted by molar-refractivity contribution is 0.0850. The largest absolute Gasteiger partial charge is 0.412 e. The van der Waals surface area contributed by atoms with Crippen LogP contribution in [0.1, 0.15) is 0 Å². The van der Waals surface area contributed by atoms with Crippen molar-refractivity contribution >= 4 is 18.4 Å². The second-order valence-corrected chi connectivity index (χ2v) is 2.15. The third-order valence-corrected chi connectivity index (χ3v) is 1.34. The fraction of sp³-hybridized carbons (Fsp3) is 0.250. The van der Waals surface area contributed by atoms with Crippen LogP contribution >= 0.6 is 12.2 Å². The van der Waals surface area contributed by atoms with Crippen LogP contribution in [0, 0.1) is 0 Å². The van der Waals surface area contributed by atoms with Crippen LogP contribution in [-0.4, -0.2) is 12.0 Å². The van der Waals surface area contributed by atoms with Gasteiger partial charge in [-0.15, -0.1) is 0 Å². The Labute approximate surface area is 55.8 Å². The molecule has 48 valence electrons.